The van der Waals surface area contributed by atoms with Gasteiger partial charge in [-0.25, -0.2) is 4.98 Å². The minimum atomic E-state index is -1.35. The van der Waals surface area contributed by atoms with Crippen molar-refractivity contribution in [3.63, 3.8) is 0 Å². The van der Waals surface area contributed by atoms with Crippen molar-refractivity contribution < 1.29 is 33.9 Å². The molecule has 0 aliphatic rings. The molecule has 16 nitrogen and oxygen atoms in total. The first-order valence-corrected chi connectivity index (χ1v) is 14.2. The van der Waals surface area contributed by atoms with Crippen molar-refractivity contribution in [3.05, 3.63) is 16.6 Å². The van der Waals surface area contributed by atoms with Gasteiger partial charge in [-0.05, 0) is 31.6 Å². The Kier molecular flexibility index (Phi) is 28.7. The van der Waals surface area contributed by atoms with Crippen molar-refractivity contribution in [2.75, 3.05) is 13.2 Å². The number of primary amides is 1. The third-order valence-corrected chi connectivity index (χ3v) is 6.54. The maximum atomic E-state index is 13.4. The largest absolute Gasteiger partial charge is 0.394 e. The highest BCUT2D eigenvalue weighted by Crippen LogP contribution is 2.13. The lowest BCUT2D eigenvalue weighted by molar-refractivity contribution is -0.134. The van der Waals surface area contributed by atoms with Gasteiger partial charge in [0.2, 0.25) is 35.3 Å². The van der Waals surface area contributed by atoms with Gasteiger partial charge in [0.1, 0.15) is 18.1 Å². The number of thiazole rings is 1. The van der Waals surface area contributed by atoms with Crippen molar-refractivity contribution in [2.24, 2.45) is 28.1 Å². The molecule has 1 aromatic heterocycles. The van der Waals surface area contributed by atoms with Crippen molar-refractivity contribution in [1.29, 1.82) is 0 Å². The highest BCUT2D eigenvalue weighted by atomic mass is 32.1. The molecule has 0 aliphatic heterocycles. The SMILES string of the molecule is CC(=O)N[C@@H](CO)C(=O)N[C@@H](CCC(N)=O)C(=O)N[C@@H](CC(C)C)C(=O)N[C@@H](CCCN=C(N)N)C(=O)c1nccs1.S.S.S.S. The highest BCUT2D eigenvalue weighted by molar-refractivity contribution is 7.59. The van der Waals surface area contributed by atoms with E-state index in [4.69, 9.17) is 17.2 Å². The first-order chi connectivity index (χ1) is 19.7. The number of Topliss-reactive ketones (excluding diaryl/α,β-unsaturated/α-hetero) is 1. The van der Waals surface area contributed by atoms with Gasteiger partial charge in [-0.1, -0.05) is 13.8 Å². The van der Waals surface area contributed by atoms with Crippen LogP contribution >= 0.6 is 65.3 Å². The van der Waals surface area contributed by atoms with Crippen LogP contribution in [0.15, 0.2) is 16.6 Å². The van der Waals surface area contributed by atoms with Crippen LogP contribution in [0.5, 0.6) is 0 Å². The predicted molar refractivity (Wildman–Crippen MR) is 196 cm³/mol. The monoisotopic (exact) mass is 747 g/mol. The zero-order valence-corrected chi connectivity index (χ0v) is 30.7. The van der Waals surface area contributed by atoms with Gasteiger partial charge >= 0.3 is 0 Å². The molecule has 0 aromatic carbocycles. The third kappa shape index (κ3) is 19.7. The van der Waals surface area contributed by atoms with Gasteiger partial charge in [0.15, 0.2) is 11.0 Å². The van der Waals surface area contributed by atoms with E-state index in [-0.39, 0.29) is 103 Å². The normalized spacial score (nSPS) is 12.5. The molecule has 266 valence electrons. The van der Waals surface area contributed by atoms with Crippen LogP contribution in [-0.4, -0.2) is 88.7 Å². The molecule has 0 unspecified atom stereocenters. The number of guanidine groups is 1. The van der Waals surface area contributed by atoms with Crippen molar-refractivity contribution in [3.8, 4) is 0 Å². The quantitative estimate of drug-likeness (QED) is 0.0337. The van der Waals surface area contributed by atoms with Crippen LogP contribution in [0, 0.1) is 5.92 Å². The highest BCUT2D eigenvalue weighted by Gasteiger charge is 2.32. The second-order valence-electron chi connectivity index (χ2n) is 9.90. The number of carbonyl (C=O) groups excluding carboxylic acids is 6. The molecule has 1 rings (SSSR count). The van der Waals surface area contributed by atoms with E-state index in [0.717, 1.165) is 18.3 Å². The summed E-state index contributed by atoms with van der Waals surface area (Å²) in [7, 11) is 0. The lowest BCUT2D eigenvalue weighted by atomic mass is 10.00. The summed E-state index contributed by atoms with van der Waals surface area (Å²) >= 11 is 1.11. The number of aliphatic hydroxyl groups excluding tert-OH is 1. The first kappa shape index (κ1) is 50.1. The van der Waals surface area contributed by atoms with E-state index in [1.807, 2.05) is 13.8 Å². The van der Waals surface area contributed by atoms with E-state index >= 15 is 0 Å². The lowest BCUT2D eigenvalue weighted by Crippen LogP contribution is -2.58. The predicted octanol–water partition coefficient (Wildman–Crippen LogP) is -1.91. The fraction of sp³-hybridized carbons (Fsp3) is 0.600. The van der Waals surface area contributed by atoms with E-state index in [1.165, 1.54) is 6.20 Å². The standard InChI is InChI=1S/C25H41N9O7S.4H2S/c1-13(2)11-17(22(40)32-15(5-4-8-30-25(27)28)20(38)24-29-9-10-42-24)34-21(39)16(6-7-19(26)37)33-23(41)18(12-35)31-14(3)36;;;;/h9-10,13,15-18,35H,4-8,11-12H2,1-3H3,(H2,26,37)(H,31,36)(H,32,40)(H,33,41)(H,34,39)(H4,27,28,30);4*1H2/t15-,16-,17-,18-;;;;/m0..../s1. The molecular formula is C25H49N9O7S5. The van der Waals surface area contributed by atoms with Gasteiger partial charge in [0.05, 0.1) is 12.6 Å². The minimum absolute atomic E-state index is 0. The number of nitrogens with one attached hydrogen (secondary N) is 4. The van der Waals surface area contributed by atoms with Gasteiger partial charge < -0.3 is 43.6 Å². The smallest absolute Gasteiger partial charge is 0.245 e. The van der Waals surface area contributed by atoms with Crippen LogP contribution in [0.2, 0.25) is 0 Å². The lowest BCUT2D eigenvalue weighted by Gasteiger charge is -2.26. The molecule has 1 aromatic rings. The summed E-state index contributed by atoms with van der Waals surface area (Å²) in [5.41, 5.74) is 15.9. The van der Waals surface area contributed by atoms with E-state index in [1.54, 1.807) is 5.38 Å². The molecule has 0 radical (unpaired) electrons. The number of hydrogen-bond acceptors (Lipinski definition) is 10. The molecule has 0 aliphatic carbocycles. The average Bonchev–Trinajstić information content (AvgIpc) is 3.44. The van der Waals surface area contributed by atoms with Gasteiger partial charge in [-0.2, -0.15) is 54.0 Å². The Bertz CT molecular complexity index is 1120. The summed E-state index contributed by atoms with van der Waals surface area (Å²) in [6.45, 7) is 4.28. The zero-order chi connectivity index (χ0) is 31.8. The van der Waals surface area contributed by atoms with E-state index < -0.39 is 66.1 Å². The summed E-state index contributed by atoms with van der Waals surface area (Å²) in [5, 5.41) is 21.2. The second-order valence-corrected chi connectivity index (χ2v) is 10.8. The molecular weight excluding hydrogens is 699 g/mol. The molecule has 0 bridgehead atoms. The zero-order valence-electron chi connectivity index (χ0n) is 25.9. The Labute approximate surface area is 300 Å². The van der Waals surface area contributed by atoms with Gasteiger partial charge in [-0.15, -0.1) is 11.3 Å². The number of nitrogens with zero attached hydrogens (tertiary/aromatic N) is 2. The maximum absolute atomic E-state index is 13.4. The minimum Gasteiger partial charge on any atom is -0.394 e. The Morgan fingerprint density at radius 1 is 0.848 bits per heavy atom. The summed E-state index contributed by atoms with van der Waals surface area (Å²) < 4.78 is 0. The fourth-order valence-corrected chi connectivity index (χ4v) is 4.41. The van der Waals surface area contributed by atoms with E-state index in [9.17, 15) is 33.9 Å². The van der Waals surface area contributed by atoms with Crippen LogP contribution in [0.1, 0.15) is 62.7 Å². The molecule has 4 atom stereocenters. The Morgan fingerprint density at radius 3 is 1.87 bits per heavy atom. The molecule has 0 fully saturated rings. The molecule has 0 saturated heterocycles. The van der Waals surface area contributed by atoms with E-state index in [2.05, 4.69) is 31.2 Å². The van der Waals surface area contributed by atoms with Gasteiger partial charge in [-0.3, -0.25) is 33.8 Å². The number of carbonyl (C=O) groups is 6. The van der Waals surface area contributed by atoms with Gasteiger partial charge in [0, 0.05) is 31.5 Å². The number of hydrogen-bond donors (Lipinski definition) is 8. The van der Waals surface area contributed by atoms with Crippen molar-refractivity contribution >= 4 is 107 Å². The fourth-order valence-electron chi connectivity index (χ4n) is 3.78. The first-order valence-electron chi connectivity index (χ1n) is 13.3. The second kappa shape index (κ2) is 26.4. The summed E-state index contributed by atoms with van der Waals surface area (Å²) in [4.78, 5) is 83.1. The Balaban J connectivity index is -0.00000220. The molecule has 46 heavy (non-hydrogen) atoms. The number of aliphatic imine (C=N–C) groups is 1. The molecule has 5 amide bonds. The summed E-state index contributed by atoms with van der Waals surface area (Å²) in [5.74, 6) is -4.26. The van der Waals surface area contributed by atoms with Crippen LogP contribution in [0.4, 0.5) is 0 Å². The topological polar surface area (TPSA) is 274 Å². The van der Waals surface area contributed by atoms with Crippen LogP contribution in [0.3, 0.4) is 0 Å². The molecule has 0 saturated carbocycles. The number of rotatable bonds is 19. The van der Waals surface area contributed by atoms with Crippen LogP contribution < -0.4 is 38.5 Å². The van der Waals surface area contributed by atoms with Gasteiger partial charge in [0.25, 0.3) is 0 Å². The summed E-state index contributed by atoms with van der Waals surface area (Å²) in [6.07, 6.45) is 1.70. The number of nitrogens with two attached hydrogens (primary N) is 3. The van der Waals surface area contributed by atoms with Crippen molar-refractivity contribution in [2.45, 2.75) is 77.0 Å². The van der Waals surface area contributed by atoms with Crippen LogP contribution in [-0.2, 0) is 24.0 Å². The van der Waals surface area contributed by atoms with Crippen molar-refractivity contribution in [1.82, 2.24) is 26.3 Å². The Hall–Kier alpha value is -2.72. The summed E-state index contributed by atoms with van der Waals surface area (Å²) in [6, 6.07) is -4.79. The average molecular weight is 748 g/mol. The molecule has 11 N–H and O–H groups in total. The van der Waals surface area contributed by atoms with Crippen LogP contribution in [0.25, 0.3) is 0 Å². The van der Waals surface area contributed by atoms with E-state index in [0.29, 0.717) is 6.42 Å². The maximum Gasteiger partial charge on any atom is 0.245 e. The third-order valence-electron chi connectivity index (χ3n) is 5.75. The Morgan fingerprint density at radius 2 is 1.39 bits per heavy atom. The molecule has 21 heteroatoms. The number of amides is 5. The number of aliphatic hydroxyl groups is 1. The number of ketones is 1. The molecule has 0 spiro atoms. The molecule has 1 heterocycles. The number of aromatic nitrogens is 1.